The maximum atomic E-state index is 9.85. The van der Waals surface area contributed by atoms with Gasteiger partial charge in [0.05, 0.1) is 36.5 Å². The van der Waals surface area contributed by atoms with Crippen molar-refractivity contribution in [1.82, 2.24) is 15.0 Å². The van der Waals surface area contributed by atoms with Gasteiger partial charge < -0.3 is 5.11 Å². The molecule has 0 saturated heterocycles. The molecule has 1 aliphatic rings. The Balaban J connectivity index is 2.10. The summed E-state index contributed by atoms with van der Waals surface area (Å²) in [5, 5.41) is 26.5. The molecule has 1 aliphatic carbocycles. The summed E-state index contributed by atoms with van der Waals surface area (Å²) in [6.45, 7) is 2.52. The number of aliphatic hydroxyl groups excluding tert-OH is 1. The van der Waals surface area contributed by atoms with E-state index in [2.05, 4.69) is 16.4 Å². The fourth-order valence-corrected chi connectivity index (χ4v) is 1.92. The van der Waals surface area contributed by atoms with Crippen LogP contribution >= 0.6 is 0 Å². The number of aromatic nitrogens is 3. The van der Waals surface area contributed by atoms with Crippen molar-refractivity contribution in [3.05, 3.63) is 11.4 Å². The minimum atomic E-state index is -0.318. The number of nitriles is 1. The first-order chi connectivity index (χ1) is 7.76. The lowest BCUT2D eigenvalue weighted by Gasteiger charge is -2.10. The Morgan fingerprint density at radius 3 is 2.94 bits per heavy atom. The van der Waals surface area contributed by atoms with E-state index < -0.39 is 0 Å². The molecule has 1 heterocycles. The van der Waals surface area contributed by atoms with Gasteiger partial charge in [0, 0.05) is 0 Å². The molecule has 5 heteroatoms. The Hall–Kier alpha value is -1.41. The predicted molar refractivity (Wildman–Crippen MR) is 57.4 cm³/mol. The first-order valence-electron chi connectivity index (χ1n) is 5.72. The van der Waals surface area contributed by atoms with Crippen LogP contribution in [0.2, 0.25) is 0 Å². The first kappa shape index (κ1) is 11.1. The van der Waals surface area contributed by atoms with Crippen LogP contribution in [-0.2, 0) is 19.4 Å². The van der Waals surface area contributed by atoms with Crippen LogP contribution in [0.4, 0.5) is 0 Å². The van der Waals surface area contributed by atoms with Crippen molar-refractivity contribution in [3.8, 4) is 6.07 Å². The Morgan fingerprint density at radius 1 is 1.62 bits per heavy atom. The van der Waals surface area contributed by atoms with Gasteiger partial charge in [0.1, 0.15) is 0 Å². The lowest BCUT2D eigenvalue weighted by molar-refractivity contribution is 0.125. The number of hydrogen-bond donors (Lipinski definition) is 1. The average molecular weight is 220 g/mol. The van der Waals surface area contributed by atoms with Crippen LogP contribution in [0.15, 0.2) is 0 Å². The summed E-state index contributed by atoms with van der Waals surface area (Å²) >= 11 is 0. The van der Waals surface area contributed by atoms with Crippen LogP contribution in [0.3, 0.4) is 0 Å². The summed E-state index contributed by atoms with van der Waals surface area (Å²) in [5.74, 6) is 0.438. The molecule has 86 valence electrons. The lowest BCUT2D eigenvalue weighted by Crippen LogP contribution is -2.20. The van der Waals surface area contributed by atoms with Crippen molar-refractivity contribution in [1.29, 1.82) is 5.26 Å². The Morgan fingerprint density at radius 2 is 2.38 bits per heavy atom. The van der Waals surface area contributed by atoms with Crippen molar-refractivity contribution in [2.75, 3.05) is 0 Å². The number of aliphatic hydroxyl groups is 1. The van der Waals surface area contributed by atoms with Crippen molar-refractivity contribution < 1.29 is 5.11 Å². The molecule has 0 aliphatic heterocycles. The molecule has 16 heavy (non-hydrogen) atoms. The van der Waals surface area contributed by atoms with Gasteiger partial charge in [-0.1, -0.05) is 12.1 Å². The maximum absolute atomic E-state index is 9.85. The largest absolute Gasteiger partial charge is 0.391 e. The van der Waals surface area contributed by atoms with E-state index in [1.807, 2.05) is 6.92 Å². The van der Waals surface area contributed by atoms with E-state index in [0.29, 0.717) is 18.9 Å². The van der Waals surface area contributed by atoms with Crippen LogP contribution in [0, 0.1) is 17.2 Å². The highest BCUT2D eigenvalue weighted by atomic mass is 16.3. The van der Waals surface area contributed by atoms with E-state index in [0.717, 1.165) is 30.7 Å². The molecule has 0 aromatic carbocycles. The quantitative estimate of drug-likeness (QED) is 0.791. The van der Waals surface area contributed by atoms with E-state index in [1.54, 1.807) is 4.68 Å². The molecule has 5 nitrogen and oxygen atoms in total. The van der Waals surface area contributed by atoms with Gasteiger partial charge in [0.25, 0.3) is 0 Å². The van der Waals surface area contributed by atoms with E-state index >= 15 is 0 Å². The molecule has 0 radical (unpaired) electrons. The van der Waals surface area contributed by atoms with Crippen molar-refractivity contribution in [2.45, 2.75) is 45.3 Å². The fourth-order valence-electron chi connectivity index (χ4n) is 1.92. The minimum absolute atomic E-state index is 0.294. The van der Waals surface area contributed by atoms with Crippen LogP contribution in [0.25, 0.3) is 0 Å². The molecule has 1 N–H and O–H groups in total. The molecule has 1 aromatic rings. The van der Waals surface area contributed by atoms with E-state index in [1.165, 1.54) is 0 Å². The Labute approximate surface area is 94.7 Å². The molecule has 0 bridgehead atoms. The van der Waals surface area contributed by atoms with Gasteiger partial charge in [-0.2, -0.15) is 5.26 Å². The zero-order valence-electron chi connectivity index (χ0n) is 9.43. The van der Waals surface area contributed by atoms with Gasteiger partial charge in [0.15, 0.2) is 0 Å². The molecule has 1 fully saturated rings. The summed E-state index contributed by atoms with van der Waals surface area (Å²) < 4.78 is 1.75. The average Bonchev–Trinajstić information content (AvgIpc) is 3.05. The van der Waals surface area contributed by atoms with Crippen LogP contribution < -0.4 is 0 Å². The molecular weight excluding hydrogens is 204 g/mol. The zero-order chi connectivity index (χ0) is 11.5. The highest BCUT2D eigenvalue weighted by molar-refractivity contribution is 5.14. The summed E-state index contributed by atoms with van der Waals surface area (Å²) in [6.07, 6.45) is 3.00. The lowest BCUT2D eigenvalue weighted by atomic mass is 10.2. The monoisotopic (exact) mass is 220 g/mol. The third-order valence-electron chi connectivity index (χ3n) is 3.03. The summed E-state index contributed by atoms with van der Waals surface area (Å²) in [6, 6.07) is 2.08. The van der Waals surface area contributed by atoms with Crippen LogP contribution in [0.5, 0.6) is 0 Å². The number of hydrogen-bond acceptors (Lipinski definition) is 4. The van der Waals surface area contributed by atoms with Crippen LogP contribution in [0.1, 0.15) is 31.2 Å². The predicted octanol–water partition coefficient (Wildman–Crippen LogP) is 0.677. The van der Waals surface area contributed by atoms with Gasteiger partial charge in [0.2, 0.25) is 0 Å². The smallest absolute Gasteiger partial charge is 0.0999 e. The fraction of sp³-hybridized carbons (Fsp3) is 0.727. The summed E-state index contributed by atoms with van der Waals surface area (Å²) in [4.78, 5) is 0. The van der Waals surface area contributed by atoms with Crippen molar-refractivity contribution >= 4 is 0 Å². The van der Waals surface area contributed by atoms with Gasteiger partial charge in [-0.05, 0) is 25.2 Å². The van der Waals surface area contributed by atoms with Gasteiger partial charge in [-0.3, -0.25) is 0 Å². The third kappa shape index (κ3) is 2.22. The number of rotatable bonds is 5. The molecule has 2 rings (SSSR count). The summed E-state index contributed by atoms with van der Waals surface area (Å²) in [5.41, 5.74) is 1.72. The highest BCUT2D eigenvalue weighted by Gasteiger charge is 2.30. The second-order valence-corrected chi connectivity index (χ2v) is 4.26. The molecule has 0 amide bonds. The Bertz CT molecular complexity index is 403. The zero-order valence-corrected chi connectivity index (χ0v) is 9.43. The third-order valence-corrected chi connectivity index (χ3v) is 3.03. The van der Waals surface area contributed by atoms with Crippen LogP contribution in [-0.4, -0.2) is 26.2 Å². The van der Waals surface area contributed by atoms with Crippen molar-refractivity contribution in [3.63, 3.8) is 0 Å². The molecule has 1 atom stereocenters. The minimum Gasteiger partial charge on any atom is -0.391 e. The highest BCUT2D eigenvalue weighted by Crippen LogP contribution is 2.33. The normalized spacial score (nSPS) is 17.1. The molecule has 1 saturated carbocycles. The molecule has 0 spiro atoms. The topological polar surface area (TPSA) is 74.7 Å². The molecular formula is C11H16N4O. The first-order valence-corrected chi connectivity index (χ1v) is 5.72. The second kappa shape index (κ2) is 4.62. The molecule has 1 aromatic heterocycles. The van der Waals surface area contributed by atoms with Gasteiger partial charge >= 0.3 is 0 Å². The standard InChI is InChI=1S/C11H16N4O/c1-2-10-9(5-6-12)13-14-15(10)7-11(16)8-3-4-8/h8,11,16H,2-5,7H2,1H3. The van der Waals surface area contributed by atoms with Gasteiger partial charge in [-0.25, -0.2) is 4.68 Å². The number of nitrogens with zero attached hydrogens (tertiary/aromatic N) is 4. The van der Waals surface area contributed by atoms with Crippen molar-refractivity contribution in [2.24, 2.45) is 5.92 Å². The van der Waals surface area contributed by atoms with Gasteiger partial charge in [-0.15, -0.1) is 5.10 Å². The summed E-state index contributed by atoms with van der Waals surface area (Å²) in [7, 11) is 0. The van der Waals surface area contributed by atoms with E-state index in [4.69, 9.17) is 5.26 Å². The van der Waals surface area contributed by atoms with E-state index in [-0.39, 0.29) is 6.10 Å². The SMILES string of the molecule is CCc1c(CC#N)nnn1CC(O)C1CC1. The Kier molecular flexibility index (Phi) is 3.20. The molecule has 1 unspecified atom stereocenters. The second-order valence-electron chi connectivity index (χ2n) is 4.26. The maximum Gasteiger partial charge on any atom is 0.0999 e. The van der Waals surface area contributed by atoms with E-state index in [9.17, 15) is 5.11 Å².